The van der Waals surface area contributed by atoms with Crippen molar-refractivity contribution in [1.29, 1.82) is 0 Å². The van der Waals surface area contributed by atoms with Crippen LogP contribution in [-0.4, -0.2) is 30.9 Å². The summed E-state index contributed by atoms with van der Waals surface area (Å²) in [5, 5.41) is 2.63. The van der Waals surface area contributed by atoms with Crippen LogP contribution in [0.15, 0.2) is 36.4 Å². The third-order valence-electron chi connectivity index (χ3n) is 2.98. The molecule has 0 bridgehead atoms. The molecule has 1 N–H and O–H groups in total. The van der Waals surface area contributed by atoms with Crippen molar-refractivity contribution in [1.82, 2.24) is 5.32 Å². The summed E-state index contributed by atoms with van der Waals surface area (Å²) in [5.74, 6) is -1.28. The highest BCUT2D eigenvalue weighted by atomic mass is 32.1. The number of ketones is 1. The first kappa shape index (κ1) is 18.6. The second-order valence-corrected chi connectivity index (χ2v) is 6.17. The van der Waals surface area contributed by atoms with Gasteiger partial charge in [0.05, 0.1) is 11.4 Å². The van der Waals surface area contributed by atoms with Gasteiger partial charge in [-0.25, -0.2) is 9.18 Å². The molecule has 6 nitrogen and oxygen atoms in total. The second-order valence-electron chi connectivity index (χ2n) is 5.00. The lowest BCUT2D eigenvalue weighted by Gasteiger charge is -2.06. The molecule has 0 saturated heterocycles. The average molecular weight is 365 g/mol. The summed E-state index contributed by atoms with van der Waals surface area (Å²) >= 11 is 1.22. The molecular formula is C17H16FNO5S. The molecule has 0 aliphatic carbocycles. The molecule has 0 saturated carbocycles. The minimum absolute atomic E-state index is 0.156. The molecule has 25 heavy (non-hydrogen) atoms. The van der Waals surface area contributed by atoms with Gasteiger partial charge in [0.2, 0.25) is 11.7 Å². The Morgan fingerprint density at radius 3 is 2.48 bits per heavy atom. The van der Waals surface area contributed by atoms with Crippen molar-refractivity contribution < 1.29 is 28.2 Å². The van der Waals surface area contributed by atoms with Gasteiger partial charge in [0.25, 0.3) is 0 Å². The number of carbonyl (C=O) groups excluding carboxylic acids is 3. The SMILES string of the molecule is CC(=O)NCc1ccc(C(=O)COC(=O)COc2ccc(F)cc2)s1. The lowest BCUT2D eigenvalue weighted by molar-refractivity contribution is -0.144. The second kappa shape index (κ2) is 8.93. The van der Waals surface area contributed by atoms with Gasteiger partial charge in [0, 0.05) is 11.8 Å². The quantitative estimate of drug-likeness (QED) is 0.574. The third kappa shape index (κ3) is 6.34. The molecule has 0 radical (unpaired) electrons. The largest absolute Gasteiger partial charge is 0.482 e. The number of carbonyl (C=O) groups is 3. The van der Waals surface area contributed by atoms with E-state index in [0.29, 0.717) is 17.2 Å². The standard InChI is InChI=1S/C17H16FNO5S/c1-11(20)19-8-14-6-7-16(25-14)15(21)9-24-17(22)10-23-13-4-2-12(18)3-5-13/h2-7H,8-10H2,1H3,(H,19,20). The summed E-state index contributed by atoms with van der Waals surface area (Å²) in [6, 6.07) is 8.53. The maximum Gasteiger partial charge on any atom is 0.344 e. The molecule has 2 rings (SSSR count). The van der Waals surface area contributed by atoms with Gasteiger partial charge in [-0.1, -0.05) is 0 Å². The van der Waals surface area contributed by atoms with Crippen molar-refractivity contribution in [2.75, 3.05) is 13.2 Å². The van der Waals surface area contributed by atoms with Crippen molar-refractivity contribution in [2.24, 2.45) is 0 Å². The Kier molecular flexibility index (Phi) is 6.64. The fourth-order valence-corrected chi connectivity index (χ4v) is 2.64. The lowest BCUT2D eigenvalue weighted by Crippen LogP contribution is -2.19. The van der Waals surface area contributed by atoms with Gasteiger partial charge in [-0.15, -0.1) is 11.3 Å². The normalized spacial score (nSPS) is 10.2. The smallest absolute Gasteiger partial charge is 0.344 e. The molecule has 0 unspecified atom stereocenters. The van der Waals surface area contributed by atoms with Crippen molar-refractivity contribution in [2.45, 2.75) is 13.5 Å². The summed E-state index contributed by atoms with van der Waals surface area (Å²) in [7, 11) is 0. The highest BCUT2D eigenvalue weighted by molar-refractivity contribution is 7.14. The first-order chi connectivity index (χ1) is 11.9. The van der Waals surface area contributed by atoms with Gasteiger partial charge in [-0.05, 0) is 36.4 Å². The number of Topliss-reactive ketones (excluding diaryl/α,β-unsaturated/α-hetero) is 1. The lowest BCUT2D eigenvalue weighted by atomic mass is 10.3. The van der Waals surface area contributed by atoms with Crippen molar-refractivity contribution >= 4 is 29.0 Å². The summed E-state index contributed by atoms with van der Waals surface area (Å²) in [6.07, 6.45) is 0. The molecule has 1 heterocycles. The van der Waals surface area contributed by atoms with Crippen LogP contribution >= 0.6 is 11.3 Å². The fourth-order valence-electron chi connectivity index (χ4n) is 1.77. The number of thiophene rings is 1. The van der Waals surface area contributed by atoms with Crippen LogP contribution in [0, 0.1) is 5.82 Å². The minimum atomic E-state index is -0.701. The fraction of sp³-hybridized carbons (Fsp3) is 0.235. The van der Waals surface area contributed by atoms with E-state index in [4.69, 9.17) is 9.47 Å². The van der Waals surface area contributed by atoms with E-state index in [1.807, 2.05) is 0 Å². The van der Waals surface area contributed by atoms with E-state index in [0.717, 1.165) is 4.88 Å². The van der Waals surface area contributed by atoms with E-state index in [1.165, 1.54) is 42.5 Å². The first-order valence-electron chi connectivity index (χ1n) is 7.34. The van der Waals surface area contributed by atoms with Crippen LogP contribution in [0.1, 0.15) is 21.5 Å². The van der Waals surface area contributed by atoms with Crippen LogP contribution in [-0.2, 0) is 20.9 Å². The maximum absolute atomic E-state index is 12.7. The first-order valence-corrected chi connectivity index (χ1v) is 8.16. The molecule has 1 aromatic heterocycles. The Balaban J connectivity index is 1.74. The van der Waals surface area contributed by atoms with Gasteiger partial charge >= 0.3 is 5.97 Å². The summed E-state index contributed by atoms with van der Waals surface area (Å²) in [4.78, 5) is 35.7. The zero-order valence-electron chi connectivity index (χ0n) is 13.4. The average Bonchev–Trinajstić information content (AvgIpc) is 3.06. The Morgan fingerprint density at radius 2 is 1.80 bits per heavy atom. The van der Waals surface area contributed by atoms with Crippen LogP contribution in [0.4, 0.5) is 4.39 Å². The van der Waals surface area contributed by atoms with Gasteiger partial charge < -0.3 is 14.8 Å². The summed E-state index contributed by atoms with van der Waals surface area (Å²) < 4.78 is 22.7. The van der Waals surface area contributed by atoms with Crippen molar-refractivity contribution in [3.8, 4) is 5.75 Å². The van der Waals surface area contributed by atoms with Crippen LogP contribution in [0.25, 0.3) is 0 Å². The molecule has 0 atom stereocenters. The Labute approximate surface area is 147 Å². The molecule has 2 aromatic rings. The van der Waals surface area contributed by atoms with Gasteiger partial charge in [0.15, 0.2) is 13.2 Å². The number of halogens is 1. The topological polar surface area (TPSA) is 81.7 Å². The number of benzene rings is 1. The van der Waals surface area contributed by atoms with E-state index in [1.54, 1.807) is 12.1 Å². The van der Waals surface area contributed by atoms with E-state index < -0.39 is 18.4 Å². The van der Waals surface area contributed by atoms with E-state index in [2.05, 4.69) is 5.32 Å². The number of esters is 1. The molecule has 1 aromatic carbocycles. The molecule has 1 amide bonds. The zero-order chi connectivity index (χ0) is 18.2. The minimum Gasteiger partial charge on any atom is -0.482 e. The zero-order valence-corrected chi connectivity index (χ0v) is 14.2. The molecule has 0 aliphatic heterocycles. The highest BCUT2D eigenvalue weighted by Gasteiger charge is 2.13. The van der Waals surface area contributed by atoms with Crippen molar-refractivity contribution in [3.05, 3.63) is 52.0 Å². The Bertz CT molecular complexity index is 757. The van der Waals surface area contributed by atoms with Crippen LogP contribution < -0.4 is 10.1 Å². The number of hydrogen-bond acceptors (Lipinski definition) is 6. The summed E-state index contributed by atoms with van der Waals surface area (Å²) in [6.45, 7) is 0.981. The predicted molar refractivity (Wildman–Crippen MR) is 89.0 cm³/mol. The van der Waals surface area contributed by atoms with Crippen molar-refractivity contribution in [3.63, 3.8) is 0 Å². The number of nitrogens with one attached hydrogen (secondary N) is 1. The number of hydrogen-bond donors (Lipinski definition) is 1. The Hall–Kier alpha value is -2.74. The molecule has 0 fully saturated rings. The Morgan fingerprint density at radius 1 is 1.08 bits per heavy atom. The van der Waals surface area contributed by atoms with E-state index in [-0.39, 0.29) is 18.3 Å². The monoisotopic (exact) mass is 365 g/mol. The van der Waals surface area contributed by atoms with Gasteiger partial charge in [0.1, 0.15) is 11.6 Å². The number of ether oxygens (including phenoxy) is 2. The van der Waals surface area contributed by atoms with Crippen LogP contribution in [0.3, 0.4) is 0 Å². The van der Waals surface area contributed by atoms with Crippen LogP contribution in [0.2, 0.25) is 0 Å². The number of rotatable bonds is 8. The third-order valence-corrected chi connectivity index (χ3v) is 4.11. The number of amides is 1. The molecule has 132 valence electrons. The van der Waals surface area contributed by atoms with Gasteiger partial charge in [-0.2, -0.15) is 0 Å². The van der Waals surface area contributed by atoms with Crippen LogP contribution in [0.5, 0.6) is 5.75 Å². The van der Waals surface area contributed by atoms with E-state index >= 15 is 0 Å². The molecular weight excluding hydrogens is 349 g/mol. The van der Waals surface area contributed by atoms with Gasteiger partial charge in [-0.3, -0.25) is 9.59 Å². The van der Waals surface area contributed by atoms with E-state index in [9.17, 15) is 18.8 Å². The molecule has 0 aliphatic rings. The molecule has 0 spiro atoms. The highest BCUT2D eigenvalue weighted by Crippen LogP contribution is 2.17. The summed E-state index contributed by atoms with van der Waals surface area (Å²) in [5.41, 5.74) is 0. The predicted octanol–water partition coefficient (Wildman–Crippen LogP) is 2.33. The molecule has 8 heteroatoms. The maximum atomic E-state index is 12.7.